The Labute approximate surface area is 134 Å². The van der Waals surface area contributed by atoms with E-state index >= 15 is 0 Å². The molecule has 0 aliphatic rings. The number of carbonyl (C=O) groups excluding carboxylic acids is 3. The summed E-state index contributed by atoms with van der Waals surface area (Å²) in [7, 11) is 0. The Hall–Kier alpha value is -2.02. The van der Waals surface area contributed by atoms with Crippen LogP contribution in [0.2, 0.25) is 0 Å². The van der Waals surface area contributed by atoms with Crippen molar-refractivity contribution in [1.29, 1.82) is 0 Å². The van der Waals surface area contributed by atoms with Gasteiger partial charge in [-0.1, -0.05) is 0 Å². The van der Waals surface area contributed by atoms with E-state index in [0.29, 0.717) is 5.56 Å². The number of ether oxygens (including phenoxy) is 1. The van der Waals surface area contributed by atoms with Crippen LogP contribution in [0.3, 0.4) is 0 Å². The van der Waals surface area contributed by atoms with Crippen molar-refractivity contribution in [2.24, 2.45) is 0 Å². The Bertz CT molecular complexity index is 543. The summed E-state index contributed by atoms with van der Waals surface area (Å²) in [5.41, 5.74) is 0.351. The highest BCUT2D eigenvalue weighted by molar-refractivity contribution is 7.98. The number of thioether (sulfide) groups is 1. The number of hydrogen-bond acceptors (Lipinski definition) is 5. The molecule has 0 saturated heterocycles. The van der Waals surface area contributed by atoms with Crippen molar-refractivity contribution in [2.75, 3.05) is 6.26 Å². The number of amides is 3. The lowest BCUT2D eigenvalue weighted by Crippen LogP contribution is -2.46. The predicted molar refractivity (Wildman–Crippen MR) is 84.9 cm³/mol. The van der Waals surface area contributed by atoms with E-state index < -0.39 is 24.0 Å². The van der Waals surface area contributed by atoms with Crippen LogP contribution in [0.5, 0.6) is 0 Å². The minimum atomic E-state index is -1.06. The molecule has 1 aromatic carbocycles. The molecule has 1 rings (SSSR count). The predicted octanol–water partition coefficient (Wildman–Crippen LogP) is 2.19. The maximum absolute atomic E-state index is 11.9. The zero-order valence-corrected chi connectivity index (χ0v) is 13.8. The normalized spacial score (nSPS) is 11.7. The summed E-state index contributed by atoms with van der Waals surface area (Å²) in [6.07, 6.45) is 0.868. The van der Waals surface area contributed by atoms with Crippen LogP contribution in [-0.4, -0.2) is 36.3 Å². The van der Waals surface area contributed by atoms with Gasteiger partial charge >= 0.3 is 12.0 Å². The second kappa shape index (κ2) is 8.43. The molecular weight excluding hydrogens is 304 g/mol. The summed E-state index contributed by atoms with van der Waals surface area (Å²) in [4.78, 5) is 36.1. The van der Waals surface area contributed by atoms with Gasteiger partial charge in [0.2, 0.25) is 0 Å². The third-order valence-electron chi connectivity index (χ3n) is 2.64. The van der Waals surface area contributed by atoms with Crippen LogP contribution in [0.4, 0.5) is 4.79 Å². The van der Waals surface area contributed by atoms with Gasteiger partial charge in [-0.25, -0.2) is 9.59 Å². The van der Waals surface area contributed by atoms with E-state index in [2.05, 4.69) is 10.6 Å². The molecule has 2 N–H and O–H groups in total. The standard InChI is InChI=1S/C15H20N2O4S/c1-9(2)16-15(20)17-13(18)10(3)21-14(19)11-5-7-12(22-4)8-6-11/h5-10H,1-4H3,(H2,16,17,18,20)/t10-/m1/s1. The zero-order valence-electron chi connectivity index (χ0n) is 13.0. The van der Waals surface area contributed by atoms with Gasteiger partial charge in [-0.3, -0.25) is 10.1 Å². The van der Waals surface area contributed by atoms with E-state index in [1.165, 1.54) is 6.92 Å². The van der Waals surface area contributed by atoms with Crippen molar-refractivity contribution in [1.82, 2.24) is 10.6 Å². The molecule has 0 spiro atoms. The number of esters is 1. The molecule has 1 aromatic rings. The first kappa shape index (κ1) is 18.0. The molecule has 0 aliphatic carbocycles. The molecule has 1 atom stereocenters. The fraction of sp³-hybridized carbons (Fsp3) is 0.400. The second-order valence-corrected chi connectivity index (χ2v) is 5.77. The number of urea groups is 1. The molecule has 22 heavy (non-hydrogen) atoms. The average Bonchev–Trinajstić information content (AvgIpc) is 2.46. The van der Waals surface area contributed by atoms with Crippen LogP contribution < -0.4 is 10.6 Å². The van der Waals surface area contributed by atoms with E-state index in [4.69, 9.17) is 4.74 Å². The van der Waals surface area contributed by atoms with Gasteiger partial charge in [0, 0.05) is 10.9 Å². The van der Waals surface area contributed by atoms with E-state index in [1.54, 1.807) is 49.9 Å². The van der Waals surface area contributed by atoms with Crippen LogP contribution in [0, 0.1) is 0 Å². The molecule has 0 saturated carbocycles. The van der Waals surface area contributed by atoms with E-state index in [-0.39, 0.29) is 6.04 Å². The molecule has 0 aromatic heterocycles. The fourth-order valence-electron chi connectivity index (χ4n) is 1.52. The van der Waals surface area contributed by atoms with Crippen LogP contribution >= 0.6 is 11.8 Å². The number of hydrogen-bond donors (Lipinski definition) is 2. The lowest BCUT2D eigenvalue weighted by molar-refractivity contribution is -0.127. The SMILES string of the molecule is CSc1ccc(C(=O)O[C@H](C)C(=O)NC(=O)NC(C)C)cc1. The molecule has 0 aliphatic heterocycles. The van der Waals surface area contributed by atoms with E-state index in [0.717, 1.165) is 4.90 Å². The number of rotatable bonds is 5. The third-order valence-corrected chi connectivity index (χ3v) is 3.38. The first-order valence-corrected chi connectivity index (χ1v) is 8.02. The van der Waals surface area contributed by atoms with Gasteiger partial charge in [-0.15, -0.1) is 11.8 Å². The average molecular weight is 324 g/mol. The van der Waals surface area contributed by atoms with Crippen LogP contribution in [-0.2, 0) is 9.53 Å². The van der Waals surface area contributed by atoms with Crippen LogP contribution in [0.15, 0.2) is 29.2 Å². The summed E-state index contributed by atoms with van der Waals surface area (Å²) in [6, 6.07) is 6.13. The third kappa shape index (κ3) is 5.77. The second-order valence-electron chi connectivity index (χ2n) is 4.89. The minimum Gasteiger partial charge on any atom is -0.449 e. The van der Waals surface area contributed by atoms with Crippen molar-refractivity contribution >= 4 is 29.7 Å². The summed E-state index contributed by atoms with van der Waals surface area (Å²) in [6.45, 7) is 4.95. The Morgan fingerprint density at radius 1 is 1.09 bits per heavy atom. The van der Waals surface area contributed by atoms with Crippen molar-refractivity contribution in [3.05, 3.63) is 29.8 Å². The highest BCUT2D eigenvalue weighted by Crippen LogP contribution is 2.15. The monoisotopic (exact) mass is 324 g/mol. The Morgan fingerprint density at radius 2 is 1.68 bits per heavy atom. The lowest BCUT2D eigenvalue weighted by atomic mass is 10.2. The summed E-state index contributed by atoms with van der Waals surface area (Å²) in [5.74, 6) is -1.29. The molecule has 6 nitrogen and oxygen atoms in total. The van der Waals surface area contributed by atoms with Gasteiger partial charge in [0.1, 0.15) is 0 Å². The zero-order chi connectivity index (χ0) is 16.7. The quantitative estimate of drug-likeness (QED) is 0.640. The van der Waals surface area contributed by atoms with Gasteiger partial charge in [-0.2, -0.15) is 0 Å². The highest BCUT2D eigenvalue weighted by Gasteiger charge is 2.20. The van der Waals surface area contributed by atoms with Gasteiger partial charge in [0.15, 0.2) is 6.10 Å². The topological polar surface area (TPSA) is 84.5 Å². The maximum atomic E-state index is 11.9. The summed E-state index contributed by atoms with van der Waals surface area (Å²) in [5, 5.41) is 4.63. The van der Waals surface area contributed by atoms with Crippen molar-refractivity contribution in [3.63, 3.8) is 0 Å². The molecule has 0 unspecified atom stereocenters. The molecule has 0 fully saturated rings. The molecule has 0 heterocycles. The van der Waals surface area contributed by atoms with Crippen LogP contribution in [0.25, 0.3) is 0 Å². The van der Waals surface area contributed by atoms with Gasteiger partial charge in [-0.05, 0) is 51.3 Å². The smallest absolute Gasteiger partial charge is 0.338 e. The first-order chi connectivity index (χ1) is 10.3. The molecule has 3 amide bonds. The van der Waals surface area contributed by atoms with Crippen molar-refractivity contribution in [3.8, 4) is 0 Å². The number of carbonyl (C=O) groups is 3. The van der Waals surface area contributed by atoms with Crippen molar-refractivity contribution < 1.29 is 19.1 Å². The lowest BCUT2D eigenvalue weighted by Gasteiger charge is -2.14. The Kier molecular flexibility index (Phi) is 6.91. The fourth-order valence-corrected chi connectivity index (χ4v) is 1.93. The summed E-state index contributed by atoms with van der Waals surface area (Å²) < 4.78 is 5.04. The molecule has 7 heteroatoms. The minimum absolute atomic E-state index is 0.0967. The van der Waals surface area contributed by atoms with Crippen LogP contribution in [0.1, 0.15) is 31.1 Å². The van der Waals surface area contributed by atoms with Gasteiger partial charge < -0.3 is 10.1 Å². The Balaban J connectivity index is 2.55. The van der Waals surface area contributed by atoms with Crippen molar-refractivity contribution in [2.45, 2.75) is 37.8 Å². The molecular formula is C15H20N2O4S. The van der Waals surface area contributed by atoms with Gasteiger partial charge in [0.05, 0.1) is 5.56 Å². The number of nitrogens with one attached hydrogen (secondary N) is 2. The highest BCUT2D eigenvalue weighted by atomic mass is 32.2. The maximum Gasteiger partial charge on any atom is 0.338 e. The molecule has 0 radical (unpaired) electrons. The summed E-state index contributed by atoms with van der Waals surface area (Å²) >= 11 is 1.56. The largest absolute Gasteiger partial charge is 0.449 e. The first-order valence-electron chi connectivity index (χ1n) is 6.80. The molecule has 120 valence electrons. The van der Waals surface area contributed by atoms with E-state index in [9.17, 15) is 14.4 Å². The van der Waals surface area contributed by atoms with Gasteiger partial charge in [0.25, 0.3) is 5.91 Å². The Morgan fingerprint density at radius 3 is 2.18 bits per heavy atom. The number of benzene rings is 1. The molecule has 0 bridgehead atoms. The number of imide groups is 1. The van der Waals surface area contributed by atoms with E-state index in [1.807, 2.05) is 6.26 Å².